The van der Waals surface area contributed by atoms with Gasteiger partial charge in [-0.1, -0.05) is 12.1 Å². The Bertz CT molecular complexity index is 816. The van der Waals surface area contributed by atoms with E-state index in [0.717, 1.165) is 11.1 Å². The lowest BCUT2D eigenvalue weighted by molar-refractivity contribution is -0.153. The van der Waals surface area contributed by atoms with E-state index >= 15 is 0 Å². The first kappa shape index (κ1) is 24.8. The molecule has 0 saturated carbocycles. The summed E-state index contributed by atoms with van der Waals surface area (Å²) in [4.78, 5) is 8.16. The topological polar surface area (TPSA) is 67.8 Å². The second-order valence-electron chi connectivity index (χ2n) is 6.00. The van der Waals surface area contributed by atoms with Gasteiger partial charge in [0.2, 0.25) is 5.88 Å². The molecule has 2 aromatic rings. The van der Waals surface area contributed by atoms with E-state index in [9.17, 15) is 13.2 Å². The summed E-state index contributed by atoms with van der Waals surface area (Å²) in [5.74, 6) is 1.20. The monoisotopic (exact) mass is 524 g/mol. The number of nitrogens with one attached hydrogen (secondary N) is 2. The zero-order valence-electron chi connectivity index (χ0n) is 16.3. The maximum absolute atomic E-state index is 12.5. The van der Waals surface area contributed by atoms with Gasteiger partial charge in [0.1, 0.15) is 5.75 Å². The molecule has 0 unspecified atom stereocenters. The molecule has 0 aliphatic rings. The number of rotatable bonds is 7. The molecule has 2 N–H and O–H groups in total. The van der Waals surface area contributed by atoms with Gasteiger partial charge in [0, 0.05) is 38.0 Å². The van der Waals surface area contributed by atoms with Crippen molar-refractivity contribution in [1.29, 1.82) is 0 Å². The zero-order valence-corrected chi connectivity index (χ0v) is 18.7. The summed E-state index contributed by atoms with van der Waals surface area (Å²) >= 11 is 0. The molecule has 29 heavy (non-hydrogen) atoms. The van der Waals surface area contributed by atoms with Crippen molar-refractivity contribution in [3.05, 3.63) is 53.2 Å². The quantitative estimate of drug-likeness (QED) is 0.328. The number of alkyl halides is 3. The fourth-order valence-electron chi connectivity index (χ4n) is 2.36. The van der Waals surface area contributed by atoms with Crippen LogP contribution in [0.5, 0.6) is 11.6 Å². The number of hydrogen-bond donors (Lipinski definition) is 2. The number of benzene rings is 1. The predicted molar refractivity (Wildman–Crippen MR) is 116 cm³/mol. The summed E-state index contributed by atoms with van der Waals surface area (Å²) in [5.41, 5.74) is 2.36. The lowest BCUT2D eigenvalue weighted by atomic mass is 10.1. The molecule has 0 saturated heterocycles. The molecule has 1 aromatic heterocycles. The third kappa shape index (κ3) is 8.75. The van der Waals surface area contributed by atoms with E-state index in [0.29, 0.717) is 23.9 Å². The van der Waals surface area contributed by atoms with Crippen LogP contribution < -0.4 is 20.1 Å². The summed E-state index contributed by atoms with van der Waals surface area (Å²) in [5, 5.41) is 6.20. The number of ether oxygens (including phenoxy) is 2. The smallest absolute Gasteiger partial charge is 0.422 e. The molecule has 0 amide bonds. The summed E-state index contributed by atoms with van der Waals surface area (Å²) in [6, 6.07) is 8.77. The number of nitrogens with zero attached hydrogens (tertiary/aromatic N) is 2. The number of pyridine rings is 1. The number of aryl methyl sites for hydroxylation is 1. The first-order valence-electron chi connectivity index (χ1n) is 8.53. The highest BCUT2D eigenvalue weighted by Crippen LogP contribution is 2.23. The van der Waals surface area contributed by atoms with Crippen molar-refractivity contribution in [2.45, 2.75) is 26.2 Å². The Balaban J connectivity index is 0.00000420. The van der Waals surface area contributed by atoms with Crippen molar-refractivity contribution in [3.63, 3.8) is 0 Å². The van der Waals surface area contributed by atoms with Crippen LogP contribution in [0.25, 0.3) is 0 Å². The molecule has 1 aromatic carbocycles. The summed E-state index contributed by atoms with van der Waals surface area (Å²) in [6.07, 6.45) is -2.75. The Morgan fingerprint density at radius 1 is 1.14 bits per heavy atom. The van der Waals surface area contributed by atoms with Crippen LogP contribution in [0.2, 0.25) is 0 Å². The van der Waals surface area contributed by atoms with Gasteiger partial charge < -0.3 is 20.1 Å². The minimum Gasteiger partial charge on any atom is -0.484 e. The van der Waals surface area contributed by atoms with Gasteiger partial charge in [-0.05, 0) is 30.2 Å². The molecule has 160 valence electrons. The molecule has 10 heteroatoms. The SMILES string of the molecule is CN=C(NCc1ccnc(OC)c1)NCc1ccc(C)cc1OCC(F)(F)F.I. The van der Waals surface area contributed by atoms with Crippen molar-refractivity contribution in [2.75, 3.05) is 20.8 Å². The van der Waals surface area contributed by atoms with Crippen LogP contribution in [-0.2, 0) is 13.1 Å². The summed E-state index contributed by atoms with van der Waals surface area (Å²) < 4.78 is 47.5. The number of guanidine groups is 1. The molecule has 0 radical (unpaired) electrons. The minimum absolute atomic E-state index is 0. The van der Waals surface area contributed by atoms with Crippen molar-refractivity contribution >= 4 is 29.9 Å². The van der Waals surface area contributed by atoms with Gasteiger partial charge in [-0.3, -0.25) is 4.99 Å². The molecular formula is C19H24F3IN4O2. The highest BCUT2D eigenvalue weighted by atomic mass is 127. The van der Waals surface area contributed by atoms with Crippen LogP contribution in [0, 0.1) is 6.92 Å². The Hall–Kier alpha value is -2.24. The highest BCUT2D eigenvalue weighted by Gasteiger charge is 2.28. The van der Waals surface area contributed by atoms with Crippen molar-refractivity contribution in [2.24, 2.45) is 4.99 Å². The molecule has 0 aliphatic heterocycles. The van der Waals surface area contributed by atoms with E-state index in [-0.39, 0.29) is 36.3 Å². The third-order valence-corrected chi connectivity index (χ3v) is 3.75. The molecule has 0 spiro atoms. The average molecular weight is 524 g/mol. The van der Waals surface area contributed by atoms with Gasteiger partial charge in [-0.15, -0.1) is 24.0 Å². The minimum atomic E-state index is -4.39. The zero-order chi connectivity index (χ0) is 20.6. The highest BCUT2D eigenvalue weighted by molar-refractivity contribution is 14.0. The van der Waals surface area contributed by atoms with Crippen LogP contribution in [-0.4, -0.2) is 37.9 Å². The fraction of sp³-hybridized carbons (Fsp3) is 0.368. The molecule has 0 aliphatic carbocycles. The Morgan fingerprint density at radius 3 is 2.52 bits per heavy atom. The van der Waals surface area contributed by atoms with Crippen molar-refractivity contribution in [3.8, 4) is 11.6 Å². The lowest BCUT2D eigenvalue weighted by Crippen LogP contribution is -2.36. The van der Waals surface area contributed by atoms with Crippen LogP contribution in [0.3, 0.4) is 0 Å². The van der Waals surface area contributed by atoms with E-state index in [1.165, 1.54) is 0 Å². The lowest BCUT2D eigenvalue weighted by Gasteiger charge is -2.16. The Labute approximate surface area is 184 Å². The molecule has 0 fully saturated rings. The predicted octanol–water partition coefficient (Wildman–Crippen LogP) is 3.82. The van der Waals surface area contributed by atoms with Crippen molar-refractivity contribution in [1.82, 2.24) is 15.6 Å². The average Bonchev–Trinajstić information content (AvgIpc) is 2.67. The number of halogens is 4. The van der Waals surface area contributed by atoms with Crippen LogP contribution in [0.1, 0.15) is 16.7 Å². The first-order valence-corrected chi connectivity index (χ1v) is 8.53. The molecular weight excluding hydrogens is 500 g/mol. The van der Waals surface area contributed by atoms with Gasteiger partial charge in [0.05, 0.1) is 7.11 Å². The van der Waals surface area contributed by atoms with E-state index in [1.54, 1.807) is 45.5 Å². The second kappa shape index (κ2) is 11.7. The normalized spacial score (nSPS) is 11.4. The molecule has 6 nitrogen and oxygen atoms in total. The molecule has 0 bridgehead atoms. The number of methoxy groups -OCH3 is 1. The summed E-state index contributed by atoms with van der Waals surface area (Å²) in [7, 11) is 3.15. The van der Waals surface area contributed by atoms with Crippen molar-refractivity contribution < 1.29 is 22.6 Å². The standard InChI is InChI=1S/C19H23F3N4O2.HI/c1-13-4-5-15(16(8-13)28-12-19(20,21)22)11-26-18(23-2)25-10-14-6-7-24-17(9-14)27-3;/h4-9H,10-12H2,1-3H3,(H2,23,25,26);1H. The van der Waals surface area contributed by atoms with Crippen LogP contribution in [0.15, 0.2) is 41.5 Å². The molecule has 1 heterocycles. The summed E-state index contributed by atoms with van der Waals surface area (Å²) in [6.45, 7) is 1.19. The number of aromatic nitrogens is 1. The third-order valence-electron chi connectivity index (χ3n) is 3.75. The Kier molecular flexibility index (Phi) is 9.99. The van der Waals surface area contributed by atoms with Crippen LogP contribution in [0.4, 0.5) is 13.2 Å². The van der Waals surface area contributed by atoms with Gasteiger partial charge in [0.25, 0.3) is 0 Å². The fourth-order valence-corrected chi connectivity index (χ4v) is 2.36. The van der Waals surface area contributed by atoms with E-state index in [4.69, 9.17) is 9.47 Å². The first-order chi connectivity index (χ1) is 13.3. The van der Waals surface area contributed by atoms with Crippen LogP contribution >= 0.6 is 24.0 Å². The molecule has 2 rings (SSSR count). The van der Waals surface area contributed by atoms with E-state index in [2.05, 4.69) is 20.6 Å². The number of hydrogen-bond acceptors (Lipinski definition) is 4. The second-order valence-corrected chi connectivity index (χ2v) is 6.00. The number of aliphatic imine (C=N–C) groups is 1. The van der Waals surface area contributed by atoms with Gasteiger partial charge in [-0.2, -0.15) is 13.2 Å². The van der Waals surface area contributed by atoms with Gasteiger partial charge >= 0.3 is 6.18 Å². The van der Waals surface area contributed by atoms with E-state index in [1.807, 2.05) is 12.1 Å². The van der Waals surface area contributed by atoms with Gasteiger partial charge in [0.15, 0.2) is 12.6 Å². The maximum Gasteiger partial charge on any atom is 0.422 e. The molecule has 0 atom stereocenters. The maximum atomic E-state index is 12.5. The largest absolute Gasteiger partial charge is 0.484 e. The Morgan fingerprint density at radius 2 is 1.86 bits per heavy atom. The van der Waals surface area contributed by atoms with E-state index < -0.39 is 12.8 Å². The van der Waals surface area contributed by atoms with Gasteiger partial charge in [-0.25, -0.2) is 4.98 Å².